The molecule has 1 saturated carbocycles. The largest absolute Gasteiger partial charge is 0.378 e. The number of nitrogens with one attached hydrogen (secondary N) is 1. The highest BCUT2D eigenvalue weighted by atomic mass is 16.5. The Morgan fingerprint density at radius 1 is 1.11 bits per heavy atom. The smallest absolute Gasteiger partial charge is 0.242 e. The monoisotopic (exact) mass is 266 g/mol. The number of nitrogens with zero attached hydrogens (tertiary/aromatic N) is 1. The van der Waals surface area contributed by atoms with E-state index in [0.29, 0.717) is 12.0 Å². The van der Waals surface area contributed by atoms with Gasteiger partial charge in [-0.3, -0.25) is 4.79 Å². The molecule has 3 aliphatic rings. The highest BCUT2D eigenvalue weighted by Gasteiger charge is 2.38. The number of likely N-dealkylation sites (tertiary alicyclic amines) is 1. The summed E-state index contributed by atoms with van der Waals surface area (Å²) in [7, 11) is 0. The first-order chi connectivity index (χ1) is 9.29. The lowest BCUT2D eigenvalue weighted by molar-refractivity contribution is -0.139. The summed E-state index contributed by atoms with van der Waals surface area (Å²) in [5.41, 5.74) is 0.575. The maximum atomic E-state index is 12.4. The van der Waals surface area contributed by atoms with Gasteiger partial charge in [-0.25, -0.2) is 0 Å². The van der Waals surface area contributed by atoms with Crippen molar-refractivity contribution in [3.05, 3.63) is 0 Å². The van der Waals surface area contributed by atoms with E-state index in [0.717, 1.165) is 26.2 Å². The molecule has 0 aromatic heterocycles. The summed E-state index contributed by atoms with van der Waals surface area (Å²) in [5.74, 6) is 0.255. The summed E-state index contributed by atoms with van der Waals surface area (Å²) < 4.78 is 5.39. The van der Waals surface area contributed by atoms with Gasteiger partial charge in [0.2, 0.25) is 5.91 Å². The molecule has 2 saturated heterocycles. The third-order valence-electron chi connectivity index (χ3n) is 5.27. The number of ether oxygens (including phenoxy) is 1. The molecule has 0 radical (unpaired) electrons. The minimum absolute atomic E-state index is 0.103. The van der Waals surface area contributed by atoms with Gasteiger partial charge >= 0.3 is 0 Å². The van der Waals surface area contributed by atoms with Crippen molar-refractivity contribution < 1.29 is 9.53 Å². The van der Waals surface area contributed by atoms with E-state index < -0.39 is 0 Å². The average Bonchev–Trinajstić information content (AvgIpc) is 2.49. The van der Waals surface area contributed by atoms with Gasteiger partial charge in [-0.15, -0.1) is 0 Å². The SMILES string of the molecule is O=C(C1COCCN1)N1CCC2(CCCCC2)CC1. The van der Waals surface area contributed by atoms with Gasteiger partial charge in [0.25, 0.3) is 0 Å². The van der Waals surface area contributed by atoms with Crippen LogP contribution in [0.4, 0.5) is 0 Å². The Bertz CT molecular complexity index is 310. The van der Waals surface area contributed by atoms with Crippen molar-refractivity contribution in [2.24, 2.45) is 5.41 Å². The van der Waals surface area contributed by atoms with Gasteiger partial charge in [0.1, 0.15) is 6.04 Å². The van der Waals surface area contributed by atoms with E-state index in [4.69, 9.17) is 4.74 Å². The molecular weight excluding hydrogens is 240 g/mol. The number of rotatable bonds is 1. The van der Waals surface area contributed by atoms with E-state index in [2.05, 4.69) is 10.2 Å². The number of carbonyl (C=O) groups is 1. The van der Waals surface area contributed by atoms with Crippen molar-refractivity contribution in [2.45, 2.75) is 51.0 Å². The highest BCUT2D eigenvalue weighted by molar-refractivity contribution is 5.82. The Balaban J connectivity index is 1.52. The Morgan fingerprint density at radius 2 is 1.84 bits per heavy atom. The number of hydrogen-bond acceptors (Lipinski definition) is 3. The van der Waals surface area contributed by atoms with Crippen LogP contribution in [0.15, 0.2) is 0 Å². The van der Waals surface area contributed by atoms with E-state index in [1.807, 2.05) is 0 Å². The summed E-state index contributed by atoms with van der Waals surface area (Å²) in [4.78, 5) is 14.5. The van der Waals surface area contributed by atoms with E-state index in [1.165, 1.54) is 44.9 Å². The maximum Gasteiger partial charge on any atom is 0.242 e. The predicted molar refractivity (Wildman–Crippen MR) is 73.9 cm³/mol. The standard InChI is InChI=1S/C15H26N2O2/c18-14(13-12-19-11-8-16-13)17-9-6-15(7-10-17)4-2-1-3-5-15/h13,16H,1-12H2. The second-order valence-corrected chi connectivity index (χ2v) is 6.47. The van der Waals surface area contributed by atoms with Crippen LogP contribution in [-0.4, -0.2) is 49.7 Å². The van der Waals surface area contributed by atoms with Crippen LogP contribution in [0.1, 0.15) is 44.9 Å². The summed E-state index contributed by atoms with van der Waals surface area (Å²) >= 11 is 0. The van der Waals surface area contributed by atoms with E-state index >= 15 is 0 Å². The molecule has 2 heterocycles. The molecule has 3 fully saturated rings. The summed E-state index contributed by atoms with van der Waals surface area (Å²) in [6.07, 6.45) is 9.41. The van der Waals surface area contributed by atoms with Crippen molar-refractivity contribution in [1.82, 2.24) is 10.2 Å². The Kier molecular flexibility index (Phi) is 4.08. The second kappa shape index (κ2) is 5.80. The molecule has 1 spiro atoms. The van der Waals surface area contributed by atoms with Crippen LogP contribution in [0, 0.1) is 5.41 Å². The molecule has 4 heteroatoms. The summed E-state index contributed by atoms with van der Waals surface area (Å²) in [5, 5.41) is 3.27. The molecule has 1 amide bonds. The lowest BCUT2D eigenvalue weighted by Gasteiger charge is -2.45. The van der Waals surface area contributed by atoms with Crippen molar-refractivity contribution in [2.75, 3.05) is 32.8 Å². The number of morpholine rings is 1. The van der Waals surface area contributed by atoms with Crippen LogP contribution < -0.4 is 5.32 Å². The lowest BCUT2D eigenvalue weighted by atomic mass is 9.68. The molecule has 19 heavy (non-hydrogen) atoms. The number of hydrogen-bond donors (Lipinski definition) is 1. The molecule has 108 valence electrons. The van der Waals surface area contributed by atoms with Crippen LogP contribution in [0.25, 0.3) is 0 Å². The van der Waals surface area contributed by atoms with Crippen LogP contribution >= 0.6 is 0 Å². The zero-order valence-electron chi connectivity index (χ0n) is 11.8. The fraction of sp³-hybridized carbons (Fsp3) is 0.933. The lowest BCUT2D eigenvalue weighted by Crippen LogP contribution is -2.55. The fourth-order valence-electron chi connectivity index (χ4n) is 3.95. The molecule has 3 rings (SSSR count). The Labute approximate surface area is 115 Å². The van der Waals surface area contributed by atoms with Crippen molar-refractivity contribution in [1.29, 1.82) is 0 Å². The average molecular weight is 266 g/mol. The molecule has 2 aliphatic heterocycles. The van der Waals surface area contributed by atoms with E-state index in [1.54, 1.807) is 0 Å². The molecule has 0 aromatic rings. The quantitative estimate of drug-likeness (QED) is 0.783. The van der Waals surface area contributed by atoms with Crippen molar-refractivity contribution in [3.63, 3.8) is 0 Å². The molecule has 1 aliphatic carbocycles. The molecule has 0 aromatic carbocycles. The molecule has 1 atom stereocenters. The van der Waals surface area contributed by atoms with Gasteiger partial charge in [0, 0.05) is 19.6 Å². The third kappa shape index (κ3) is 2.95. The van der Waals surface area contributed by atoms with Crippen LogP contribution in [0.5, 0.6) is 0 Å². The van der Waals surface area contributed by atoms with E-state index in [-0.39, 0.29) is 11.9 Å². The van der Waals surface area contributed by atoms with Gasteiger partial charge in [-0.2, -0.15) is 0 Å². The maximum absolute atomic E-state index is 12.4. The first kappa shape index (κ1) is 13.4. The van der Waals surface area contributed by atoms with Gasteiger partial charge in [-0.1, -0.05) is 19.3 Å². The van der Waals surface area contributed by atoms with Crippen LogP contribution in [0.3, 0.4) is 0 Å². The predicted octanol–water partition coefficient (Wildman–Crippen LogP) is 1.55. The zero-order valence-corrected chi connectivity index (χ0v) is 11.8. The first-order valence-corrected chi connectivity index (χ1v) is 7.89. The van der Waals surface area contributed by atoms with Crippen LogP contribution in [0.2, 0.25) is 0 Å². The van der Waals surface area contributed by atoms with Gasteiger partial charge in [0.05, 0.1) is 13.2 Å². The normalized spacial score (nSPS) is 31.4. The number of piperidine rings is 1. The minimum atomic E-state index is -0.103. The molecule has 1 unspecified atom stereocenters. The first-order valence-electron chi connectivity index (χ1n) is 7.89. The molecule has 1 N–H and O–H groups in total. The second-order valence-electron chi connectivity index (χ2n) is 6.47. The number of amides is 1. The summed E-state index contributed by atoms with van der Waals surface area (Å²) in [6, 6.07) is -0.103. The van der Waals surface area contributed by atoms with Crippen molar-refractivity contribution >= 4 is 5.91 Å². The van der Waals surface area contributed by atoms with Gasteiger partial charge in [0.15, 0.2) is 0 Å². The molecule has 0 bridgehead atoms. The Morgan fingerprint density at radius 3 is 2.47 bits per heavy atom. The topological polar surface area (TPSA) is 41.6 Å². The summed E-state index contributed by atoms with van der Waals surface area (Å²) in [6.45, 7) is 3.98. The molecule has 4 nitrogen and oxygen atoms in total. The molecular formula is C15H26N2O2. The third-order valence-corrected chi connectivity index (χ3v) is 5.27. The highest BCUT2D eigenvalue weighted by Crippen LogP contribution is 2.44. The Hall–Kier alpha value is -0.610. The van der Waals surface area contributed by atoms with Gasteiger partial charge < -0.3 is 15.0 Å². The fourth-order valence-corrected chi connectivity index (χ4v) is 3.95. The zero-order chi connectivity index (χ0) is 13.1. The number of carbonyl (C=O) groups excluding carboxylic acids is 1. The van der Waals surface area contributed by atoms with Crippen molar-refractivity contribution in [3.8, 4) is 0 Å². The van der Waals surface area contributed by atoms with Gasteiger partial charge in [-0.05, 0) is 31.1 Å². The minimum Gasteiger partial charge on any atom is -0.378 e. The van der Waals surface area contributed by atoms with E-state index in [9.17, 15) is 4.79 Å². The van der Waals surface area contributed by atoms with Crippen LogP contribution in [-0.2, 0) is 9.53 Å².